The number of nitrogens with one attached hydrogen (secondary N) is 1. The van der Waals surface area contributed by atoms with Gasteiger partial charge in [-0.25, -0.2) is 0 Å². The largest absolute Gasteiger partial charge is 0.318 e. The first-order chi connectivity index (χ1) is 7.06. The molecular formula is C11H28N4. The van der Waals surface area contributed by atoms with Crippen molar-refractivity contribution in [3.8, 4) is 0 Å². The zero-order valence-electron chi connectivity index (χ0n) is 11.1. The quantitative estimate of drug-likeness (QED) is 0.568. The molecular weight excluding hydrogens is 188 g/mol. The molecule has 0 aromatic rings. The standard InChI is InChI=1S/C11H28N4/c1-12-6-7-14(4)10-11-15(5)9-8-13(2)3/h12H,6-11H2,1-5H3. The smallest absolute Gasteiger partial charge is 0.0107 e. The monoisotopic (exact) mass is 216 g/mol. The van der Waals surface area contributed by atoms with Crippen LogP contribution >= 0.6 is 0 Å². The predicted octanol–water partition coefficient (Wildman–Crippen LogP) is -0.369. The van der Waals surface area contributed by atoms with Crippen LogP contribution in [0, 0.1) is 0 Å². The van der Waals surface area contributed by atoms with E-state index in [9.17, 15) is 0 Å². The molecule has 0 fully saturated rings. The fourth-order valence-corrected chi connectivity index (χ4v) is 1.24. The van der Waals surface area contributed by atoms with Gasteiger partial charge >= 0.3 is 0 Å². The second-order valence-corrected chi connectivity index (χ2v) is 4.51. The summed E-state index contributed by atoms with van der Waals surface area (Å²) in [4.78, 5) is 6.97. The van der Waals surface area contributed by atoms with E-state index in [2.05, 4.69) is 48.2 Å². The van der Waals surface area contributed by atoms with Crippen molar-refractivity contribution in [3.63, 3.8) is 0 Å². The highest BCUT2D eigenvalue weighted by molar-refractivity contribution is 4.59. The molecule has 0 saturated carbocycles. The van der Waals surface area contributed by atoms with Crippen LogP contribution < -0.4 is 5.32 Å². The van der Waals surface area contributed by atoms with E-state index in [4.69, 9.17) is 0 Å². The van der Waals surface area contributed by atoms with Crippen LogP contribution in [0.25, 0.3) is 0 Å². The normalized spacial score (nSPS) is 12.0. The number of nitrogens with zero attached hydrogens (tertiary/aromatic N) is 3. The van der Waals surface area contributed by atoms with Gasteiger partial charge in [-0.15, -0.1) is 0 Å². The Morgan fingerprint density at radius 3 is 1.67 bits per heavy atom. The van der Waals surface area contributed by atoms with E-state index in [1.165, 1.54) is 0 Å². The maximum atomic E-state index is 3.16. The molecule has 0 heterocycles. The molecule has 0 bridgehead atoms. The van der Waals surface area contributed by atoms with E-state index < -0.39 is 0 Å². The molecule has 0 amide bonds. The topological polar surface area (TPSA) is 21.8 Å². The predicted molar refractivity (Wildman–Crippen MR) is 67.5 cm³/mol. The lowest BCUT2D eigenvalue weighted by Crippen LogP contribution is -2.36. The summed E-state index contributed by atoms with van der Waals surface area (Å²) < 4.78 is 0. The average Bonchev–Trinajstić information content (AvgIpc) is 2.20. The molecule has 0 aliphatic heterocycles. The Balaban J connectivity index is 3.39. The third-order valence-corrected chi connectivity index (χ3v) is 2.54. The fraction of sp³-hybridized carbons (Fsp3) is 1.00. The molecule has 0 aliphatic carbocycles. The molecule has 0 spiro atoms. The van der Waals surface area contributed by atoms with Gasteiger partial charge in [-0.2, -0.15) is 0 Å². The Kier molecular flexibility index (Phi) is 9.00. The van der Waals surface area contributed by atoms with Crippen LogP contribution in [0.1, 0.15) is 0 Å². The van der Waals surface area contributed by atoms with Crippen molar-refractivity contribution in [1.82, 2.24) is 20.0 Å². The lowest BCUT2D eigenvalue weighted by Gasteiger charge is -2.23. The average molecular weight is 216 g/mol. The van der Waals surface area contributed by atoms with E-state index >= 15 is 0 Å². The van der Waals surface area contributed by atoms with Gasteiger partial charge in [-0.05, 0) is 35.2 Å². The summed E-state index contributed by atoms with van der Waals surface area (Å²) in [6, 6.07) is 0. The van der Waals surface area contributed by atoms with Crippen molar-refractivity contribution in [1.29, 1.82) is 0 Å². The van der Waals surface area contributed by atoms with Gasteiger partial charge in [0.2, 0.25) is 0 Å². The lowest BCUT2D eigenvalue weighted by molar-refractivity contribution is 0.238. The number of hydrogen-bond donors (Lipinski definition) is 1. The van der Waals surface area contributed by atoms with Crippen LogP contribution in [0.4, 0.5) is 0 Å². The van der Waals surface area contributed by atoms with E-state index in [0.717, 1.165) is 39.3 Å². The zero-order chi connectivity index (χ0) is 11.7. The van der Waals surface area contributed by atoms with Crippen molar-refractivity contribution >= 4 is 0 Å². The minimum atomic E-state index is 1.07. The van der Waals surface area contributed by atoms with E-state index in [-0.39, 0.29) is 0 Å². The van der Waals surface area contributed by atoms with Gasteiger partial charge < -0.3 is 20.0 Å². The van der Waals surface area contributed by atoms with Crippen LogP contribution in [0.3, 0.4) is 0 Å². The SMILES string of the molecule is CNCCN(C)CCN(C)CCN(C)C. The zero-order valence-corrected chi connectivity index (χ0v) is 11.1. The number of hydrogen-bond acceptors (Lipinski definition) is 4. The summed E-state index contributed by atoms with van der Waals surface area (Å²) in [5, 5.41) is 3.16. The molecule has 15 heavy (non-hydrogen) atoms. The number of likely N-dealkylation sites (N-methyl/N-ethyl adjacent to an activating group) is 4. The Morgan fingerprint density at radius 1 is 0.733 bits per heavy atom. The van der Waals surface area contributed by atoms with Crippen molar-refractivity contribution in [2.45, 2.75) is 0 Å². The molecule has 0 rings (SSSR count). The second kappa shape index (κ2) is 9.09. The fourth-order valence-electron chi connectivity index (χ4n) is 1.24. The van der Waals surface area contributed by atoms with E-state index in [1.54, 1.807) is 0 Å². The molecule has 0 atom stereocenters. The highest BCUT2D eigenvalue weighted by Gasteiger charge is 2.01. The molecule has 4 heteroatoms. The minimum absolute atomic E-state index is 1.07. The van der Waals surface area contributed by atoms with Crippen LogP contribution in [0.15, 0.2) is 0 Å². The third kappa shape index (κ3) is 10.1. The maximum Gasteiger partial charge on any atom is 0.0107 e. The van der Waals surface area contributed by atoms with Gasteiger partial charge in [-0.3, -0.25) is 0 Å². The molecule has 0 aliphatic rings. The highest BCUT2D eigenvalue weighted by atomic mass is 15.2. The van der Waals surface area contributed by atoms with Gasteiger partial charge in [0.25, 0.3) is 0 Å². The minimum Gasteiger partial charge on any atom is -0.318 e. The number of rotatable bonds is 9. The molecule has 0 unspecified atom stereocenters. The van der Waals surface area contributed by atoms with Crippen molar-refractivity contribution < 1.29 is 0 Å². The first-order valence-electron chi connectivity index (χ1n) is 5.72. The van der Waals surface area contributed by atoms with Crippen LogP contribution in [0.5, 0.6) is 0 Å². The molecule has 92 valence electrons. The summed E-state index contributed by atoms with van der Waals surface area (Å²) in [6.45, 7) is 6.76. The first-order valence-corrected chi connectivity index (χ1v) is 5.72. The summed E-state index contributed by atoms with van der Waals surface area (Å²) in [5.41, 5.74) is 0. The maximum absolute atomic E-state index is 3.16. The van der Waals surface area contributed by atoms with Gasteiger partial charge in [0.05, 0.1) is 0 Å². The molecule has 0 aromatic heterocycles. The van der Waals surface area contributed by atoms with E-state index in [0.29, 0.717) is 0 Å². The summed E-state index contributed by atoms with van der Waals surface area (Å²) in [7, 11) is 10.6. The second-order valence-electron chi connectivity index (χ2n) is 4.51. The summed E-state index contributed by atoms with van der Waals surface area (Å²) in [5.74, 6) is 0. The highest BCUT2D eigenvalue weighted by Crippen LogP contribution is 1.87. The van der Waals surface area contributed by atoms with Gasteiger partial charge in [0, 0.05) is 39.3 Å². The summed E-state index contributed by atoms with van der Waals surface area (Å²) >= 11 is 0. The van der Waals surface area contributed by atoms with Gasteiger partial charge in [0.1, 0.15) is 0 Å². The van der Waals surface area contributed by atoms with Gasteiger partial charge in [-0.1, -0.05) is 0 Å². The molecule has 1 N–H and O–H groups in total. The molecule has 0 radical (unpaired) electrons. The Bertz CT molecular complexity index is 139. The van der Waals surface area contributed by atoms with Crippen molar-refractivity contribution in [2.75, 3.05) is 74.5 Å². The van der Waals surface area contributed by atoms with Gasteiger partial charge in [0.15, 0.2) is 0 Å². The Morgan fingerprint density at radius 2 is 1.20 bits per heavy atom. The van der Waals surface area contributed by atoms with E-state index in [1.807, 2.05) is 7.05 Å². The van der Waals surface area contributed by atoms with Crippen LogP contribution in [0.2, 0.25) is 0 Å². The lowest BCUT2D eigenvalue weighted by atomic mass is 10.4. The molecule has 0 saturated heterocycles. The molecule has 4 nitrogen and oxygen atoms in total. The summed E-state index contributed by atoms with van der Waals surface area (Å²) in [6.07, 6.45) is 0. The van der Waals surface area contributed by atoms with Crippen LogP contribution in [-0.2, 0) is 0 Å². The molecule has 0 aromatic carbocycles. The van der Waals surface area contributed by atoms with Crippen molar-refractivity contribution in [2.24, 2.45) is 0 Å². The first kappa shape index (κ1) is 14.8. The van der Waals surface area contributed by atoms with Crippen molar-refractivity contribution in [3.05, 3.63) is 0 Å². The Labute approximate surface area is 95.2 Å². The third-order valence-electron chi connectivity index (χ3n) is 2.54. The Hall–Kier alpha value is -0.160. The van der Waals surface area contributed by atoms with Crippen LogP contribution in [-0.4, -0.2) is 89.2 Å².